The van der Waals surface area contributed by atoms with Crippen LogP contribution in [-0.4, -0.2) is 35.2 Å². The molecule has 0 radical (unpaired) electrons. The van der Waals surface area contributed by atoms with Gasteiger partial charge in [0.05, 0.1) is 10.6 Å². The van der Waals surface area contributed by atoms with Gasteiger partial charge in [0.1, 0.15) is 12.4 Å². The fourth-order valence-corrected chi connectivity index (χ4v) is 4.94. The van der Waals surface area contributed by atoms with Crippen molar-refractivity contribution in [3.05, 3.63) is 113 Å². The van der Waals surface area contributed by atoms with Gasteiger partial charge in [0, 0.05) is 14.1 Å². The van der Waals surface area contributed by atoms with Crippen LogP contribution in [0.1, 0.15) is 11.1 Å². The summed E-state index contributed by atoms with van der Waals surface area (Å²) in [6.07, 6.45) is 1.89. The topological polar surface area (TPSA) is 45.1 Å². The van der Waals surface area contributed by atoms with E-state index in [2.05, 4.69) is 35.3 Å². The summed E-state index contributed by atoms with van der Waals surface area (Å²) < 4.78 is 6.05. The minimum atomic E-state index is -0.0917. The third-order valence-corrected chi connectivity index (χ3v) is 6.58. The summed E-state index contributed by atoms with van der Waals surface area (Å²) in [5.41, 5.74) is 2.89. The van der Waals surface area contributed by atoms with E-state index in [1.165, 1.54) is 22.5 Å². The summed E-state index contributed by atoms with van der Waals surface area (Å²) in [4.78, 5) is 18.4. The van der Waals surface area contributed by atoms with Gasteiger partial charge in [0.25, 0.3) is 5.91 Å². The largest absolute Gasteiger partial charge is 0.489 e. The van der Waals surface area contributed by atoms with Crippen LogP contribution in [-0.2, 0) is 11.4 Å². The third-order valence-electron chi connectivity index (χ3n) is 5.62. The fraction of sp³-hybridized carbons (Fsp3) is 0.103. The molecule has 0 atom stereocenters. The smallest absolute Gasteiger partial charge is 0.281 e. The van der Waals surface area contributed by atoms with Crippen molar-refractivity contribution in [1.82, 2.24) is 10.0 Å². The molecule has 35 heavy (non-hydrogen) atoms. The zero-order chi connectivity index (χ0) is 24.2. The Morgan fingerprint density at radius 2 is 1.60 bits per heavy atom. The summed E-state index contributed by atoms with van der Waals surface area (Å²) in [6, 6.07) is 32.0. The van der Waals surface area contributed by atoms with Gasteiger partial charge in [-0.15, -0.1) is 0 Å². The first kappa shape index (κ1) is 22.9. The van der Waals surface area contributed by atoms with Crippen LogP contribution in [0.4, 0.5) is 5.69 Å². The zero-order valence-electron chi connectivity index (χ0n) is 19.6. The van der Waals surface area contributed by atoms with Crippen LogP contribution in [0, 0.1) is 0 Å². The number of para-hydroxylation sites is 1. The molecule has 4 aromatic rings. The van der Waals surface area contributed by atoms with Crippen molar-refractivity contribution in [3.8, 4) is 5.75 Å². The van der Waals surface area contributed by atoms with Crippen LogP contribution in [0.15, 0.2) is 107 Å². The van der Waals surface area contributed by atoms with Gasteiger partial charge in [-0.05, 0) is 64.0 Å². The highest BCUT2D eigenvalue weighted by molar-refractivity contribution is 8.18. The van der Waals surface area contributed by atoms with Crippen molar-refractivity contribution in [2.75, 3.05) is 14.1 Å². The monoisotopic (exact) mass is 479 g/mol. The number of carbonyl (C=O) groups excluding carboxylic acids is 1. The number of thioether (sulfide) groups is 1. The minimum Gasteiger partial charge on any atom is -0.489 e. The number of carbonyl (C=O) groups is 1. The van der Waals surface area contributed by atoms with E-state index >= 15 is 0 Å². The number of benzene rings is 4. The number of hydrogen-bond acceptors (Lipinski definition) is 5. The van der Waals surface area contributed by atoms with E-state index < -0.39 is 0 Å². The molecular weight excluding hydrogens is 454 g/mol. The van der Waals surface area contributed by atoms with Gasteiger partial charge in [0.15, 0.2) is 5.17 Å². The van der Waals surface area contributed by atoms with E-state index in [9.17, 15) is 4.79 Å². The molecule has 0 spiro atoms. The first-order valence-electron chi connectivity index (χ1n) is 11.3. The van der Waals surface area contributed by atoms with Gasteiger partial charge in [-0.2, -0.15) is 0 Å². The lowest BCUT2D eigenvalue weighted by atomic mass is 10.1. The molecule has 1 aliphatic heterocycles. The maximum absolute atomic E-state index is 13.1. The first-order chi connectivity index (χ1) is 17.1. The van der Waals surface area contributed by atoms with Crippen LogP contribution in [0.25, 0.3) is 16.8 Å². The molecule has 1 fully saturated rings. The van der Waals surface area contributed by atoms with Gasteiger partial charge in [-0.1, -0.05) is 72.8 Å². The standard InChI is InChI=1S/C29H25N3O2S/c1-31(2)32-28(33)27(35-29(32)30-24-12-4-3-5-13-24)19-21-15-17-25(18-16-21)34-20-23-11-8-10-22-9-6-7-14-26(22)23/h3-19H,20H2,1-2H3/b27-19-,30-29?. The molecule has 6 heteroatoms. The van der Waals surface area contributed by atoms with Gasteiger partial charge < -0.3 is 4.74 Å². The average molecular weight is 480 g/mol. The number of aliphatic imine (C=N–C) groups is 1. The molecular formula is C29H25N3O2S. The number of nitrogens with zero attached hydrogens (tertiary/aromatic N) is 3. The Kier molecular flexibility index (Phi) is 6.66. The lowest BCUT2D eigenvalue weighted by Crippen LogP contribution is -2.40. The predicted molar refractivity (Wildman–Crippen MR) is 144 cm³/mol. The zero-order valence-corrected chi connectivity index (χ0v) is 20.4. The van der Waals surface area contributed by atoms with E-state index in [-0.39, 0.29) is 5.91 Å². The molecule has 5 rings (SSSR count). The molecule has 5 nitrogen and oxygen atoms in total. The number of hydrazine groups is 1. The van der Waals surface area contributed by atoms with Crippen molar-refractivity contribution in [1.29, 1.82) is 0 Å². The Morgan fingerprint density at radius 1 is 0.886 bits per heavy atom. The molecule has 0 bridgehead atoms. The highest BCUT2D eigenvalue weighted by Crippen LogP contribution is 2.34. The van der Waals surface area contributed by atoms with Crippen molar-refractivity contribution >= 4 is 45.4 Å². The number of hydrogen-bond donors (Lipinski definition) is 0. The molecule has 0 unspecified atom stereocenters. The second kappa shape index (κ2) is 10.2. The summed E-state index contributed by atoms with van der Waals surface area (Å²) >= 11 is 1.37. The molecule has 0 aliphatic carbocycles. The summed E-state index contributed by atoms with van der Waals surface area (Å²) in [7, 11) is 3.67. The average Bonchev–Trinajstić information content (AvgIpc) is 3.18. The summed E-state index contributed by atoms with van der Waals surface area (Å²) in [5, 5.41) is 6.38. The molecule has 1 aliphatic rings. The molecule has 1 heterocycles. The predicted octanol–water partition coefficient (Wildman–Crippen LogP) is 6.50. The van der Waals surface area contributed by atoms with E-state index in [0.717, 1.165) is 22.6 Å². The van der Waals surface area contributed by atoms with Crippen LogP contribution in [0.3, 0.4) is 0 Å². The van der Waals surface area contributed by atoms with Crippen molar-refractivity contribution < 1.29 is 9.53 Å². The van der Waals surface area contributed by atoms with E-state index in [0.29, 0.717) is 16.7 Å². The molecule has 1 amide bonds. The Hall–Kier alpha value is -3.87. The molecule has 0 N–H and O–H groups in total. The molecule has 174 valence electrons. The number of fused-ring (bicyclic) bond motifs is 1. The SMILES string of the molecule is CN(C)N1C(=O)/C(=C/c2ccc(OCc3cccc4ccccc34)cc2)SC1=Nc1ccccc1. The normalized spacial score (nSPS) is 16.1. The van der Waals surface area contributed by atoms with Crippen LogP contribution >= 0.6 is 11.8 Å². The molecule has 0 saturated carbocycles. The first-order valence-corrected chi connectivity index (χ1v) is 12.1. The third kappa shape index (κ3) is 5.14. The maximum atomic E-state index is 13.1. The van der Waals surface area contributed by atoms with Gasteiger partial charge >= 0.3 is 0 Å². The Morgan fingerprint density at radius 3 is 2.37 bits per heavy atom. The van der Waals surface area contributed by atoms with Gasteiger partial charge in [0.2, 0.25) is 0 Å². The Bertz CT molecular complexity index is 1410. The fourth-order valence-electron chi connectivity index (χ4n) is 3.89. The Balaban J connectivity index is 1.31. The van der Waals surface area contributed by atoms with Crippen molar-refractivity contribution in [2.45, 2.75) is 6.61 Å². The van der Waals surface area contributed by atoms with E-state index in [4.69, 9.17) is 4.74 Å². The highest BCUT2D eigenvalue weighted by Gasteiger charge is 2.35. The molecule has 0 aromatic heterocycles. The highest BCUT2D eigenvalue weighted by atomic mass is 32.2. The molecule has 4 aromatic carbocycles. The van der Waals surface area contributed by atoms with E-state index in [1.54, 1.807) is 10.0 Å². The van der Waals surface area contributed by atoms with Gasteiger partial charge in [-0.25, -0.2) is 15.0 Å². The number of ether oxygens (including phenoxy) is 1. The minimum absolute atomic E-state index is 0.0917. The lowest BCUT2D eigenvalue weighted by molar-refractivity contribution is -0.130. The number of amidine groups is 1. The maximum Gasteiger partial charge on any atom is 0.281 e. The number of rotatable bonds is 6. The van der Waals surface area contributed by atoms with Gasteiger partial charge in [-0.3, -0.25) is 4.79 Å². The van der Waals surface area contributed by atoms with Crippen LogP contribution in [0.2, 0.25) is 0 Å². The van der Waals surface area contributed by atoms with Crippen molar-refractivity contribution in [2.24, 2.45) is 4.99 Å². The Labute approximate surface area is 209 Å². The summed E-state index contributed by atoms with van der Waals surface area (Å²) in [5.74, 6) is 0.692. The second-order valence-corrected chi connectivity index (χ2v) is 9.31. The van der Waals surface area contributed by atoms with E-state index in [1.807, 2.05) is 86.9 Å². The van der Waals surface area contributed by atoms with Crippen molar-refractivity contribution in [3.63, 3.8) is 0 Å². The lowest BCUT2D eigenvalue weighted by Gasteiger charge is -2.22. The quantitative estimate of drug-likeness (QED) is 0.296. The molecule has 1 saturated heterocycles. The number of amides is 1. The van der Waals surface area contributed by atoms with Crippen LogP contribution < -0.4 is 4.74 Å². The second-order valence-electron chi connectivity index (χ2n) is 8.30. The van der Waals surface area contributed by atoms with Crippen LogP contribution in [0.5, 0.6) is 5.75 Å². The summed E-state index contributed by atoms with van der Waals surface area (Å²) in [6.45, 7) is 0.493.